The van der Waals surface area contributed by atoms with Crippen LogP contribution < -0.4 is 0 Å². The van der Waals surface area contributed by atoms with Gasteiger partial charge in [-0.3, -0.25) is 0 Å². The molecule has 0 aromatic rings. The highest BCUT2D eigenvalue weighted by molar-refractivity contribution is 7.45. The van der Waals surface area contributed by atoms with Crippen LogP contribution in [0.25, 0.3) is 0 Å². The lowest BCUT2D eigenvalue weighted by Gasteiger charge is -2.02. The molecule has 0 aliphatic heterocycles. The molecular formula is C15H33O5P. The summed E-state index contributed by atoms with van der Waals surface area (Å²) in [5.74, 6) is 0. The fourth-order valence-corrected chi connectivity index (χ4v) is 1.86. The molecule has 0 rings (SSSR count). The predicted octanol–water partition coefficient (Wildman–Crippen LogP) is 4.18. The molecule has 3 N–H and O–H groups in total. The van der Waals surface area contributed by atoms with Gasteiger partial charge < -0.3 is 19.4 Å². The van der Waals surface area contributed by atoms with Gasteiger partial charge in [-0.15, -0.1) is 6.58 Å². The van der Waals surface area contributed by atoms with Crippen LogP contribution in [0.2, 0.25) is 0 Å². The van der Waals surface area contributed by atoms with Gasteiger partial charge in [0.25, 0.3) is 0 Å². The van der Waals surface area contributed by atoms with E-state index in [4.69, 9.17) is 24.0 Å². The van der Waals surface area contributed by atoms with Gasteiger partial charge in [-0.05, 0) is 6.42 Å². The van der Waals surface area contributed by atoms with E-state index in [1.54, 1.807) is 0 Å². The number of ether oxygens (including phenoxy) is 1. The molecule has 6 heteroatoms. The van der Waals surface area contributed by atoms with Crippen molar-refractivity contribution in [2.45, 2.75) is 71.1 Å². The largest absolute Gasteiger partial charge is 0.466 e. The van der Waals surface area contributed by atoms with Crippen LogP contribution in [-0.2, 0) is 9.30 Å². The highest BCUT2D eigenvalue weighted by atomic mass is 31.2. The van der Waals surface area contributed by atoms with E-state index in [0.717, 1.165) is 6.61 Å². The first kappa shape index (κ1) is 23.1. The standard InChI is InChI=1S/C15H30O.H3O4P/c1-3-5-6-7-8-9-10-11-12-13-15-16-14-4-2;1-5(2,3)4/h4H,2-3,5-15H2,1H3;(H3,1,2,3,4). The summed E-state index contributed by atoms with van der Waals surface area (Å²) in [6, 6.07) is 0. The quantitative estimate of drug-likeness (QED) is 0.269. The van der Waals surface area contributed by atoms with Crippen molar-refractivity contribution >= 4 is 7.82 Å². The maximum absolute atomic E-state index is 8.88. The summed E-state index contributed by atoms with van der Waals surface area (Å²) in [5, 5.41) is 0. The molecule has 0 atom stereocenters. The van der Waals surface area contributed by atoms with Crippen molar-refractivity contribution in [1.29, 1.82) is 0 Å². The minimum Gasteiger partial charge on any atom is -0.377 e. The zero-order valence-electron chi connectivity index (χ0n) is 13.4. The molecule has 128 valence electrons. The normalized spacial score (nSPS) is 10.9. The lowest BCUT2D eigenvalue weighted by molar-refractivity contribution is 0.157. The molecule has 5 nitrogen and oxygen atoms in total. The Morgan fingerprint density at radius 1 is 0.905 bits per heavy atom. The van der Waals surface area contributed by atoms with Crippen molar-refractivity contribution < 1.29 is 24.0 Å². The van der Waals surface area contributed by atoms with Crippen LogP contribution in [0.1, 0.15) is 71.1 Å². The molecule has 0 radical (unpaired) electrons. The van der Waals surface area contributed by atoms with E-state index in [0.29, 0.717) is 6.61 Å². The van der Waals surface area contributed by atoms with Gasteiger partial charge in [-0.25, -0.2) is 4.57 Å². The molecule has 0 amide bonds. The molecule has 0 bridgehead atoms. The lowest BCUT2D eigenvalue weighted by atomic mass is 10.1. The highest BCUT2D eigenvalue weighted by Gasteiger charge is 2.00. The van der Waals surface area contributed by atoms with E-state index < -0.39 is 7.82 Å². The Bertz CT molecular complexity index is 244. The Balaban J connectivity index is 0. The van der Waals surface area contributed by atoms with Crippen molar-refractivity contribution in [3.05, 3.63) is 12.7 Å². The number of rotatable bonds is 13. The summed E-state index contributed by atoms with van der Waals surface area (Å²) in [4.78, 5) is 21.6. The number of phosphoric acid groups is 1. The van der Waals surface area contributed by atoms with Gasteiger partial charge in [0.1, 0.15) is 0 Å². The van der Waals surface area contributed by atoms with Gasteiger partial charge in [0.2, 0.25) is 0 Å². The fraction of sp³-hybridized carbons (Fsp3) is 0.867. The average molecular weight is 324 g/mol. The molecule has 0 aromatic heterocycles. The van der Waals surface area contributed by atoms with E-state index >= 15 is 0 Å². The van der Waals surface area contributed by atoms with Crippen molar-refractivity contribution in [2.75, 3.05) is 13.2 Å². The zero-order chi connectivity index (χ0) is 16.4. The minimum atomic E-state index is -4.64. The molecular weight excluding hydrogens is 291 g/mol. The Morgan fingerprint density at radius 2 is 1.29 bits per heavy atom. The average Bonchev–Trinajstić information content (AvgIpc) is 2.38. The number of hydrogen-bond donors (Lipinski definition) is 3. The lowest BCUT2D eigenvalue weighted by Crippen LogP contribution is -1.93. The van der Waals surface area contributed by atoms with Gasteiger partial charge in [0.05, 0.1) is 6.61 Å². The van der Waals surface area contributed by atoms with Gasteiger partial charge in [0, 0.05) is 6.61 Å². The van der Waals surface area contributed by atoms with E-state index in [1.807, 2.05) is 6.08 Å². The predicted molar refractivity (Wildman–Crippen MR) is 87.1 cm³/mol. The Morgan fingerprint density at radius 3 is 1.67 bits per heavy atom. The molecule has 21 heavy (non-hydrogen) atoms. The van der Waals surface area contributed by atoms with E-state index in [2.05, 4.69) is 13.5 Å². The summed E-state index contributed by atoms with van der Waals surface area (Å²) < 4.78 is 14.2. The van der Waals surface area contributed by atoms with Gasteiger partial charge >= 0.3 is 7.82 Å². The van der Waals surface area contributed by atoms with E-state index in [-0.39, 0.29) is 0 Å². The molecule has 0 saturated heterocycles. The molecule has 0 spiro atoms. The SMILES string of the molecule is C=CCOCCCCCCCCCCCC.O=P(O)(O)O. The molecule has 0 saturated carbocycles. The smallest absolute Gasteiger partial charge is 0.377 e. The Labute approximate surface area is 129 Å². The topological polar surface area (TPSA) is 87.0 Å². The van der Waals surface area contributed by atoms with Crippen LogP contribution in [-0.4, -0.2) is 27.9 Å². The zero-order valence-corrected chi connectivity index (χ0v) is 14.3. The van der Waals surface area contributed by atoms with Gasteiger partial charge in [-0.1, -0.05) is 70.8 Å². The van der Waals surface area contributed by atoms with Crippen molar-refractivity contribution in [1.82, 2.24) is 0 Å². The summed E-state index contributed by atoms with van der Waals surface area (Å²) >= 11 is 0. The molecule has 0 aliphatic carbocycles. The van der Waals surface area contributed by atoms with Crippen LogP contribution in [0, 0.1) is 0 Å². The van der Waals surface area contributed by atoms with E-state index in [1.165, 1.54) is 64.2 Å². The third-order valence-corrected chi connectivity index (χ3v) is 2.88. The first-order valence-electron chi connectivity index (χ1n) is 7.88. The summed E-state index contributed by atoms with van der Waals surface area (Å²) in [5.41, 5.74) is 0. The maximum Gasteiger partial charge on any atom is 0.466 e. The third kappa shape index (κ3) is 38.3. The summed E-state index contributed by atoms with van der Waals surface area (Å²) in [6.07, 6.45) is 15.7. The fourth-order valence-electron chi connectivity index (χ4n) is 1.86. The number of unbranched alkanes of at least 4 members (excludes halogenated alkanes) is 9. The first-order chi connectivity index (χ1) is 9.91. The Kier molecular flexibility index (Phi) is 19.6. The van der Waals surface area contributed by atoms with Gasteiger partial charge in [-0.2, -0.15) is 0 Å². The van der Waals surface area contributed by atoms with Crippen LogP contribution in [0.15, 0.2) is 12.7 Å². The van der Waals surface area contributed by atoms with Crippen molar-refractivity contribution in [3.8, 4) is 0 Å². The second-order valence-corrected chi connectivity index (χ2v) is 6.09. The van der Waals surface area contributed by atoms with E-state index in [9.17, 15) is 0 Å². The molecule has 0 unspecified atom stereocenters. The molecule has 0 aliphatic rings. The van der Waals surface area contributed by atoms with Crippen LogP contribution >= 0.6 is 7.82 Å². The second kappa shape index (κ2) is 17.9. The number of hydrogen-bond acceptors (Lipinski definition) is 2. The van der Waals surface area contributed by atoms with Crippen LogP contribution in [0.4, 0.5) is 0 Å². The van der Waals surface area contributed by atoms with Crippen molar-refractivity contribution in [3.63, 3.8) is 0 Å². The van der Waals surface area contributed by atoms with Crippen molar-refractivity contribution in [2.24, 2.45) is 0 Å². The van der Waals surface area contributed by atoms with Crippen LogP contribution in [0.5, 0.6) is 0 Å². The third-order valence-electron chi connectivity index (χ3n) is 2.88. The first-order valence-corrected chi connectivity index (χ1v) is 9.45. The highest BCUT2D eigenvalue weighted by Crippen LogP contribution is 2.25. The van der Waals surface area contributed by atoms with Gasteiger partial charge in [0.15, 0.2) is 0 Å². The maximum atomic E-state index is 8.88. The van der Waals surface area contributed by atoms with Crippen LogP contribution in [0.3, 0.4) is 0 Å². The Hall–Kier alpha value is -0.190. The minimum absolute atomic E-state index is 0.706. The summed E-state index contributed by atoms with van der Waals surface area (Å²) in [7, 11) is -4.64. The molecule has 0 aromatic carbocycles. The molecule has 0 fully saturated rings. The molecule has 0 heterocycles. The second-order valence-electron chi connectivity index (χ2n) is 5.06. The monoisotopic (exact) mass is 324 g/mol. The summed E-state index contributed by atoms with van der Waals surface area (Å²) in [6.45, 7) is 7.51.